The summed E-state index contributed by atoms with van der Waals surface area (Å²) in [6.07, 6.45) is 0.250. The molecule has 0 aromatic carbocycles. The number of rotatable bonds is 2. The fourth-order valence-corrected chi connectivity index (χ4v) is 2.26. The number of aromatic nitrogens is 2. The number of amides is 2. The molecule has 21 heavy (non-hydrogen) atoms. The zero-order chi connectivity index (χ0) is 15.6. The van der Waals surface area contributed by atoms with Gasteiger partial charge in [-0.05, 0) is 6.92 Å². The van der Waals surface area contributed by atoms with Crippen molar-refractivity contribution in [2.45, 2.75) is 33.1 Å². The highest BCUT2D eigenvalue weighted by molar-refractivity contribution is 5.95. The lowest BCUT2D eigenvalue weighted by Crippen LogP contribution is -2.38. The first kappa shape index (κ1) is 15.2. The lowest BCUT2D eigenvalue weighted by Gasteiger charge is -2.20. The SMILES string of the molecule is Cc1nc(C(C)C)[nH]c(=O)c1C(=O)N1CCNC(=O)CC1. The maximum absolute atomic E-state index is 12.5. The van der Waals surface area contributed by atoms with Gasteiger partial charge in [0.25, 0.3) is 11.5 Å². The Kier molecular flexibility index (Phi) is 4.40. The van der Waals surface area contributed by atoms with Gasteiger partial charge >= 0.3 is 0 Å². The number of nitrogens with zero attached hydrogens (tertiary/aromatic N) is 2. The van der Waals surface area contributed by atoms with E-state index >= 15 is 0 Å². The van der Waals surface area contributed by atoms with Crippen LogP contribution in [0.2, 0.25) is 0 Å². The van der Waals surface area contributed by atoms with Gasteiger partial charge in [0.2, 0.25) is 5.91 Å². The second kappa shape index (κ2) is 6.07. The molecule has 7 nitrogen and oxygen atoms in total. The van der Waals surface area contributed by atoms with Crippen LogP contribution in [-0.4, -0.2) is 46.3 Å². The van der Waals surface area contributed by atoms with E-state index in [1.807, 2.05) is 13.8 Å². The van der Waals surface area contributed by atoms with Gasteiger partial charge in [0.05, 0.1) is 5.69 Å². The van der Waals surface area contributed by atoms with Crippen LogP contribution in [0.25, 0.3) is 0 Å². The number of hydrogen-bond acceptors (Lipinski definition) is 4. The van der Waals surface area contributed by atoms with Crippen LogP contribution in [0.1, 0.15) is 48.1 Å². The Balaban J connectivity index is 2.31. The van der Waals surface area contributed by atoms with Crippen molar-refractivity contribution in [3.8, 4) is 0 Å². The third-order valence-corrected chi connectivity index (χ3v) is 3.48. The van der Waals surface area contributed by atoms with Gasteiger partial charge in [0.15, 0.2) is 0 Å². The van der Waals surface area contributed by atoms with Crippen molar-refractivity contribution in [1.82, 2.24) is 20.2 Å². The topological polar surface area (TPSA) is 95.2 Å². The van der Waals surface area contributed by atoms with Crippen LogP contribution in [0, 0.1) is 6.92 Å². The normalized spacial score (nSPS) is 15.8. The smallest absolute Gasteiger partial charge is 0.264 e. The van der Waals surface area contributed by atoms with E-state index in [4.69, 9.17) is 0 Å². The Hall–Kier alpha value is -2.18. The Labute approximate surface area is 122 Å². The number of aryl methyl sites for hydroxylation is 1. The third kappa shape index (κ3) is 3.29. The number of aromatic amines is 1. The van der Waals surface area contributed by atoms with E-state index in [2.05, 4.69) is 15.3 Å². The van der Waals surface area contributed by atoms with Crippen LogP contribution >= 0.6 is 0 Å². The third-order valence-electron chi connectivity index (χ3n) is 3.48. The first-order chi connectivity index (χ1) is 9.90. The van der Waals surface area contributed by atoms with Crippen molar-refractivity contribution in [3.63, 3.8) is 0 Å². The molecule has 0 saturated carbocycles. The van der Waals surface area contributed by atoms with Crippen LogP contribution < -0.4 is 10.9 Å². The summed E-state index contributed by atoms with van der Waals surface area (Å²) in [6.45, 7) is 6.62. The molecule has 1 aliphatic heterocycles. The van der Waals surface area contributed by atoms with Gasteiger partial charge in [0.1, 0.15) is 11.4 Å². The molecule has 0 spiro atoms. The van der Waals surface area contributed by atoms with E-state index in [0.29, 0.717) is 31.2 Å². The Morgan fingerprint density at radius 3 is 2.62 bits per heavy atom. The summed E-state index contributed by atoms with van der Waals surface area (Å²) >= 11 is 0. The van der Waals surface area contributed by atoms with Crippen LogP contribution in [-0.2, 0) is 4.79 Å². The number of hydrogen-bond donors (Lipinski definition) is 2. The number of carbonyl (C=O) groups is 2. The molecule has 7 heteroatoms. The standard InChI is InChI=1S/C14H20N4O3/c1-8(2)12-16-9(3)11(13(20)17-12)14(21)18-6-4-10(19)15-5-7-18/h8H,4-7H2,1-3H3,(H,15,19)(H,16,17,20). The van der Waals surface area contributed by atoms with Gasteiger partial charge in [-0.2, -0.15) is 0 Å². The zero-order valence-electron chi connectivity index (χ0n) is 12.5. The Morgan fingerprint density at radius 1 is 1.29 bits per heavy atom. The molecule has 1 aromatic rings. The van der Waals surface area contributed by atoms with E-state index < -0.39 is 5.56 Å². The van der Waals surface area contributed by atoms with Gasteiger partial charge in [-0.15, -0.1) is 0 Å². The fraction of sp³-hybridized carbons (Fsp3) is 0.571. The molecular weight excluding hydrogens is 272 g/mol. The summed E-state index contributed by atoms with van der Waals surface area (Å²) in [4.78, 5) is 44.5. The highest BCUT2D eigenvalue weighted by Gasteiger charge is 2.24. The number of H-pyrrole nitrogens is 1. The second-order valence-electron chi connectivity index (χ2n) is 5.46. The lowest BCUT2D eigenvalue weighted by atomic mass is 10.1. The molecule has 0 bridgehead atoms. The molecule has 1 aliphatic rings. The minimum Gasteiger partial charge on any atom is -0.354 e. The van der Waals surface area contributed by atoms with Crippen molar-refractivity contribution in [1.29, 1.82) is 0 Å². The molecule has 114 valence electrons. The van der Waals surface area contributed by atoms with Crippen LogP contribution in [0.4, 0.5) is 0 Å². The Morgan fingerprint density at radius 2 is 2.00 bits per heavy atom. The molecule has 2 amide bonds. The van der Waals surface area contributed by atoms with E-state index in [9.17, 15) is 14.4 Å². The van der Waals surface area contributed by atoms with E-state index in [-0.39, 0.29) is 29.7 Å². The Bertz CT molecular complexity index is 621. The second-order valence-corrected chi connectivity index (χ2v) is 5.46. The molecule has 1 fully saturated rings. The first-order valence-electron chi connectivity index (χ1n) is 7.07. The van der Waals surface area contributed by atoms with Gasteiger partial charge in [-0.3, -0.25) is 14.4 Å². The first-order valence-corrected chi connectivity index (χ1v) is 7.07. The highest BCUT2D eigenvalue weighted by Crippen LogP contribution is 2.11. The van der Waals surface area contributed by atoms with Crippen molar-refractivity contribution in [2.75, 3.05) is 19.6 Å². The van der Waals surface area contributed by atoms with Crippen molar-refractivity contribution < 1.29 is 9.59 Å². The number of carbonyl (C=O) groups excluding carboxylic acids is 2. The predicted molar refractivity (Wildman–Crippen MR) is 77.2 cm³/mol. The molecule has 1 saturated heterocycles. The number of nitrogens with one attached hydrogen (secondary N) is 2. The molecular formula is C14H20N4O3. The minimum absolute atomic E-state index is 0.0637. The van der Waals surface area contributed by atoms with Gasteiger partial charge in [0, 0.05) is 32.0 Å². The maximum atomic E-state index is 12.5. The van der Waals surface area contributed by atoms with Crippen molar-refractivity contribution in [3.05, 3.63) is 27.4 Å². The lowest BCUT2D eigenvalue weighted by molar-refractivity contribution is -0.120. The van der Waals surface area contributed by atoms with E-state index in [0.717, 1.165) is 0 Å². The summed E-state index contributed by atoms with van der Waals surface area (Å²) in [5.74, 6) is 0.208. The van der Waals surface area contributed by atoms with E-state index in [1.165, 1.54) is 4.90 Å². The van der Waals surface area contributed by atoms with Crippen LogP contribution in [0.3, 0.4) is 0 Å². The van der Waals surface area contributed by atoms with Crippen molar-refractivity contribution >= 4 is 11.8 Å². The molecule has 0 aliphatic carbocycles. The average molecular weight is 292 g/mol. The molecule has 2 heterocycles. The molecule has 0 radical (unpaired) electrons. The predicted octanol–water partition coefficient (Wildman–Crippen LogP) is 0.164. The molecule has 0 unspecified atom stereocenters. The summed E-state index contributed by atoms with van der Waals surface area (Å²) in [6, 6.07) is 0. The van der Waals surface area contributed by atoms with Gasteiger partial charge in [-0.25, -0.2) is 4.98 Å². The maximum Gasteiger partial charge on any atom is 0.264 e. The van der Waals surface area contributed by atoms with E-state index in [1.54, 1.807) is 6.92 Å². The summed E-state index contributed by atoms with van der Waals surface area (Å²) in [5, 5.41) is 2.70. The molecule has 2 N–H and O–H groups in total. The fourth-order valence-electron chi connectivity index (χ4n) is 2.26. The highest BCUT2D eigenvalue weighted by atomic mass is 16.2. The summed E-state index contributed by atoms with van der Waals surface area (Å²) in [5.41, 5.74) is 0.0736. The minimum atomic E-state index is -0.417. The van der Waals surface area contributed by atoms with Gasteiger partial charge < -0.3 is 15.2 Å². The summed E-state index contributed by atoms with van der Waals surface area (Å²) < 4.78 is 0. The average Bonchev–Trinajstić information content (AvgIpc) is 2.62. The monoisotopic (exact) mass is 292 g/mol. The molecule has 1 aromatic heterocycles. The zero-order valence-corrected chi connectivity index (χ0v) is 12.5. The summed E-state index contributed by atoms with van der Waals surface area (Å²) in [7, 11) is 0. The van der Waals surface area contributed by atoms with Crippen LogP contribution in [0.15, 0.2) is 4.79 Å². The van der Waals surface area contributed by atoms with Crippen LogP contribution in [0.5, 0.6) is 0 Å². The molecule has 0 atom stereocenters. The van der Waals surface area contributed by atoms with Crippen molar-refractivity contribution in [2.24, 2.45) is 0 Å². The van der Waals surface area contributed by atoms with Gasteiger partial charge in [-0.1, -0.05) is 13.8 Å². The largest absolute Gasteiger partial charge is 0.354 e. The molecule has 2 rings (SSSR count). The quantitative estimate of drug-likeness (QED) is 0.812.